The summed E-state index contributed by atoms with van der Waals surface area (Å²) < 4.78 is 5.35. The van der Waals surface area contributed by atoms with Crippen molar-refractivity contribution in [1.29, 1.82) is 0 Å². The molecule has 0 aromatic heterocycles. The summed E-state index contributed by atoms with van der Waals surface area (Å²) in [5.74, 6) is -0.231. The minimum Gasteiger partial charge on any atom is -0.496 e. The Hall–Kier alpha value is -1.51. The van der Waals surface area contributed by atoms with Crippen LogP contribution in [0.2, 0.25) is 0 Å². The van der Waals surface area contributed by atoms with Crippen LogP contribution in [0.5, 0.6) is 5.75 Å². The van der Waals surface area contributed by atoms with E-state index >= 15 is 0 Å². The van der Waals surface area contributed by atoms with Gasteiger partial charge in [-0.3, -0.25) is 4.79 Å². The topological polar surface area (TPSA) is 46.5 Å². The van der Waals surface area contributed by atoms with Gasteiger partial charge in [0, 0.05) is 0 Å². The number of aliphatic carboxylic acids is 1. The van der Waals surface area contributed by atoms with Crippen LogP contribution in [-0.2, 0) is 11.2 Å². The molecule has 0 fully saturated rings. The number of benzene rings is 1. The number of methoxy groups -OCH3 is 1. The first kappa shape index (κ1) is 14.6. The Labute approximate surface area is 109 Å². The zero-order valence-electron chi connectivity index (χ0n) is 11.8. The van der Waals surface area contributed by atoms with Crippen LogP contribution in [0.3, 0.4) is 0 Å². The number of carboxylic acid groups (broad SMARTS) is 1. The minimum absolute atomic E-state index is 0.105. The molecule has 1 N–H and O–H groups in total. The highest BCUT2D eigenvalue weighted by Crippen LogP contribution is 2.27. The third-order valence-corrected chi connectivity index (χ3v) is 3.46. The van der Waals surface area contributed by atoms with Gasteiger partial charge in [-0.05, 0) is 48.9 Å². The lowest BCUT2D eigenvalue weighted by molar-refractivity contribution is -0.143. The zero-order chi connectivity index (χ0) is 13.9. The predicted octanol–water partition coefficient (Wildman–Crippen LogP) is 3.21. The molecule has 1 atom stereocenters. The Balaban J connectivity index is 3.09. The van der Waals surface area contributed by atoms with Gasteiger partial charge < -0.3 is 9.84 Å². The molecule has 1 rings (SSSR count). The molecule has 0 aliphatic rings. The van der Waals surface area contributed by atoms with Crippen molar-refractivity contribution in [3.8, 4) is 5.75 Å². The number of carbonyl (C=O) groups is 1. The lowest BCUT2D eigenvalue weighted by Crippen LogP contribution is -2.22. The first-order valence-electron chi connectivity index (χ1n) is 6.23. The number of ether oxygens (including phenoxy) is 1. The molecule has 100 valence electrons. The molecular formula is C15H22O3. The monoisotopic (exact) mass is 250 g/mol. The van der Waals surface area contributed by atoms with E-state index in [9.17, 15) is 9.90 Å². The number of hydrogen-bond donors (Lipinski definition) is 1. The van der Waals surface area contributed by atoms with Gasteiger partial charge in [0.15, 0.2) is 0 Å². The summed E-state index contributed by atoms with van der Waals surface area (Å²) in [7, 11) is 1.62. The Morgan fingerprint density at radius 3 is 2.28 bits per heavy atom. The van der Waals surface area contributed by atoms with Gasteiger partial charge >= 0.3 is 5.97 Å². The number of rotatable bonds is 5. The molecule has 0 spiro atoms. The molecule has 1 unspecified atom stereocenters. The number of aryl methyl sites for hydroxylation is 2. The molecule has 1 aromatic carbocycles. The standard InChI is InChI=1S/C15H22O3/c1-9(2)13(15(16)17)8-12-6-10(3)11(4)7-14(12)18-5/h6-7,9,13H,8H2,1-5H3,(H,16,17). The van der Waals surface area contributed by atoms with E-state index in [1.807, 2.05) is 39.8 Å². The molecular weight excluding hydrogens is 228 g/mol. The van der Waals surface area contributed by atoms with Gasteiger partial charge in [-0.2, -0.15) is 0 Å². The maximum Gasteiger partial charge on any atom is 0.307 e. The molecule has 3 heteroatoms. The summed E-state index contributed by atoms with van der Waals surface area (Å²) >= 11 is 0. The fraction of sp³-hybridized carbons (Fsp3) is 0.533. The summed E-state index contributed by atoms with van der Waals surface area (Å²) in [5, 5.41) is 9.25. The SMILES string of the molecule is COc1cc(C)c(C)cc1CC(C(=O)O)C(C)C. The molecule has 1 aromatic rings. The molecule has 0 heterocycles. The molecule has 3 nitrogen and oxygen atoms in total. The van der Waals surface area contributed by atoms with Crippen LogP contribution in [0, 0.1) is 25.7 Å². The van der Waals surface area contributed by atoms with Crippen LogP contribution in [0.25, 0.3) is 0 Å². The van der Waals surface area contributed by atoms with Gasteiger partial charge in [0.05, 0.1) is 13.0 Å². The fourth-order valence-corrected chi connectivity index (χ4v) is 2.04. The van der Waals surface area contributed by atoms with Crippen molar-refractivity contribution in [1.82, 2.24) is 0 Å². The van der Waals surface area contributed by atoms with Crippen molar-refractivity contribution in [3.63, 3.8) is 0 Å². The summed E-state index contributed by atoms with van der Waals surface area (Å²) in [6.45, 7) is 7.93. The van der Waals surface area contributed by atoms with Crippen molar-refractivity contribution in [2.75, 3.05) is 7.11 Å². The molecule has 0 amide bonds. The first-order chi connectivity index (χ1) is 8.36. The van der Waals surface area contributed by atoms with E-state index in [2.05, 4.69) is 0 Å². The van der Waals surface area contributed by atoms with E-state index in [1.165, 1.54) is 5.56 Å². The quantitative estimate of drug-likeness (QED) is 0.872. The fourth-order valence-electron chi connectivity index (χ4n) is 2.04. The van der Waals surface area contributed by atoms with Gasteiger partial charge in [0.1, 0.15) is 5.75 Å². The lowest BCUT2D eigenvalue weighted by Gasteiger charge is -2.19. The highest BCUT2D eigenvalue weighted by molar-refractivity contribution is 5.71. The molecule has 0 saturated heterocycles. The van der Waals surface area contributed by atoms with Crippen molar-refractivity contribution >= 4 is 5.97 Å². The van der Waals surface area contributed by atoms with E-state index in [0.717, 1.165) is 16.9 Å². The van der Waals surface area contributed by atoms with Crippen molar-refractivity contribution in [2.24, 2.45) is 11.8 Å². The normalized spacial score (nSPS) is 12.6. The Morgan fingerprint density at radius 2 is 1.83 bits per heavy atom. The second-order valence-electron chi connectivity index (χ2n) is 5.14. The highest BCUT2D eigenvalue weighted by Gasteiger charge is 2.23. The van der Waals surface area contributed by atoms with Gasteiger partial charge in [-0.15, -0.1) is 0 Å². The van der Waals surface area contributed by atoms with E-state index in [-0.39, 0.29) is 11.8 Å². The van der Waals surface area contributed by atoms with E-state index in [1.54, 1.807) is 7.11 Å². The Kier molecular flexibility index (Phi) is 4.76. The molecule has 0 aliphatic heterocycles. The Morgan fingerprint density at radius 1 is 1.28 bits per heavy atom. The lowest BCUT2D eigenvalue weighted by atomic mass is 9.88. The third-order valence-electron chi connectivity index (χ3n) is 3.46. The van der Waals surface area contributed by atoms with Crippen molar-refractivity contribution < 1.29 is 14.6 Å². The summed E-state index contributed by atoms with van der Waals surface area (Å²) in [4.78, 5) is 11.3. The van der Waals surface area contributed by atoms with Crippen LogP contribution in [0.1, 0.15) is 30.5 Å². The highest BCUT2D eigenvalue weighted by atomic mass is 16.5. The summed E-state index contributed by atoms with van der Waals surface area (Å²) in [5.41, 5.74) is 3.30. The molecule has 0 aliphatic carbocycles. The molecule has 0 bridgehead atoms. The summed E-state index contributed by atoms with van der Waals surface area (Å²) in [6, 6.07) is 4.01. The zero-order valence-corrected chi connectivity index (χ0v) is 11.8. The molecule has 18 heavy (non-hydrogen) atoms. The van der Waals surface area contributed by atoms with Gasteiger partial charge in [-0.1, -0.05) is 19.9 Å². The van der Waals surface area contributed by atoms with Gasteiger partial charge in [0.25, 0.3) is 0 Å². The number of hydrogen-bond acceptors (Lipinski definition) is 2. The second kappa shape index (κ2) is 5.89. The van der Waals surface area contributed by atoms with Gasteiger partial charge in [0.2, 0.25) is 0 Å². The maximum absolute atomic E-state index is 11.3. The molecule has 0 radical (unpaired) electrons. The predicted molar refractivity (Wildman–Crippen MR) is 72.1 cm³/mol. The van der Waals surface area contributed by atoms with Gasteiger partial charge in [-0.25, -0.2) is 0 Å². The minimum atomic E-state index is -0.745. The largest absolute Gasteiger partial charge is 0.496 e. The second-order valence-corrected chi connectivity index (χ2v) is 5.14. The van der Waals surface area contributed by atoms with Crippen molar-refractivity contribution in [3.05, 3.63) is 28.8 Å². The van der Waals surface area contributed by atoms with Crippen molar-refractivity contribution in [2.45, 2.75) is 34.1 Å². The van der Waals surface area contributed by atoms with E-state index in [0.29, 0.717) is 6.42 Å². The van der Waals surface area contributed by atoms with Crippen LogP contribution in [0.15, 0.2) is 12.1 Å². The Bertz CT molecular complexity index is 436. The average Bonchev–Trinajstić information content (AvgIpc) is 2.28. The van der Waals surface area contributed by atoms with Crippen LogP contribution in [-0.4, -0.2) is 18.2 Å². The third kappa shape index (κ3) is 3.25. The number of carboxylic acids is 1. The smallest absolute Gasteiger partial charge is 0.307 e. The average molecular weight is 250 g/mol. The van der Waals surface area contributed by atoms with Crippen LogP contribution >= 0.6 is 0 Å². The maximum atomic E-state index is 11.3. The van der Waals surface area contributed by atoms with E-state index in [4.69, 9.17) is 4.74 Å². The van der Waals surface area contributed by atoms with Crippen LogP contribution < -0.4 is 4.74 Å². The molecule has 0 saturated carbocycles. The van der Waals surface area contributed by atoms with Crippen LogP contribution in [0.4, 0.5) is 0 Å². The summed E-state index contributed by atoms with van der Waals surface area (Å²) in [6.07, 6.45) is 0.511. The van der Waals surface area contributed by atoms with E-state index < -0.39 is 5.97 Å². The first-order valence-corrected chi connectivity index (χ1v) is 6.23.